The molecule has 6 nitrogen and oxygen atoms in total. The Bertz CT molecular complexity index is 706. The van der Waals surface area contributed by atoms with Crippen molar-refractivity contribution in [3.05, 3.63) is 41.1 Å². The first kappa shape index (κ1) is 18.7. The first-order valence-corrected chi connectivity index (χ1v) is 7.71. The van der Waals surface area contributed by atoms with Crippen LogP contribution >= 0.6 is 0 Å². The number of hydrogen-bond acceptors (Lipinski definition) is 4. The van der Waals surface area contributed by atoms with Crippen LogP contribution in [0.15, 0.2) is 35.5 Å². The molecule has 2 rings (SSSR count). The van der Waals surface area contributed by atoms with E-state index >= 15 is 0 Å². The molecule has 0 fully saturated rings. The van der Waals surface area contributed by atoms with Crippen LogP contribution in [0.4, 0.5) is 13.6 Å². The fourth-order valence-electron chi connectivity index (χ4n) is 2.80. The summed E-state index contributed by atoms with van der Waals surface area (Å²) in [5, 5.41) is 0. The number of alkyl halides is 2. The van der Waals surface area contributed by atoms with E-state index in [1.165, 1.54) is 30.0 Å². The van der Waals surface area contributed by atoms with Crippen molar-refractivity contribution in [3.63, 3.8) is 0 Å². The molecule has 136 valence electrons. The second-order valence-electron chi connectivity index (χ2n) is 5.49. The van der Waals surface area contributed by atoms with Gasteiger partial charge in [0.05, 0.1) is 18.2 Å². The van der Waals surface area contributed by atoms with E-state index in [9.17, 15) is 18.4 Å². The number of para-hydroxylation sites is 1. The topological polar surface area (TPSA) is 59.1 Å². The minimum Gasteiger partial charge on any atom is -0.463 e. The minimum absolute atomic E-state index is 0.0960. The van der Waals surface area contributed by atoms with E-state index in [0.717, 1.165) is 0 Å². The molecule has 1 aromatic rings. The van der Waals surface area contributed by atoms with Crippen LogP contribution in [0, 0.1) is 0 Å². The van der Waals surface area contributed by atoms with Crippen LogP contribution in [0.3, 0.4) is 0 Å². The Hall–Kier alpha value is -2.64. The highest BCUT2D eigenvalue weighted by atomic mass is 19.3. The summed E-state index contributed by atoms with van der Waals surface area (Å²) in [6.07, 6.45) is 0. The third kappa shape index (κ3) is 3.57. The van der Waals surface area contributed by atoms with E-state index in [1.807, 2.05) is 0 Å². The maximum Gasteiger partial charge on any atom is 0.387 e. The molecule has 0 spiro atoms. The number of carbonyl (C=O) groups is 2. The van der Waals surface area contributed by atoms with E-state index in [-0.39, 0.29) is 29.5 Å². The lowest BCUT2D eigenvalue weighted by Crippen LogP contribution is -2.47. The molecule has 0 aliphatic carbocycles. The normalized spacial score (nSPS) is 18.0. The van der Waals surface area contributed by atoms with Crippen molar-refractivity contribution in [1.29, 1.82) is 0 Å². The molecule has 0 aromatic heterocycles. The van der Waals surface area contributed by atoms with Gasteiger partial charge in [-0.3, -0.25) is 0 Å². The zero-order valence-electron chi connectivity index (χ0n) is 14.5. The third-order valence-corrected chi connectivity index (χ3v) is 4.07. The first-order valence-electron chi connectivity index (χ1n) is 7.71. The number of hydrogen-bond donors (Lipinski definition) is 0. The van der Waals surface area contributed by atoms with Gasteiger partial charge in [-0.05, 0) is 19.9 Å². The van der Waals surface area contributed by atoms with Crippen molar-refractivity contribution in [3.8, 4) is 5.75 Å². The predicted octanol–water partition coefficient (Wildman–Crippen LogP) is 3.16. The number of rotatable bonds is 5. The fourth-order valence-corrected chi connectivity index (χ4v) is 2.80. The van der Waals surface area contributed by atoms with Gasteiger partial charge in [-0.2, -0.15) is 8.78 Å². The summed E-state index contributed by atoms with van der Waals surface area (Å²) in [4.78, 5) is 27.6. The van der Waals surface area contributed by atoms with Gasteiger partial charge in [-0.15, -0.1) is 0 Å². The SMILES string of the molecule is CCOC(=O)C1=C(C)N(C)C(=O)N(C)C1c1ccccc1OC(F)F. The van der Waals surface area contributed by atoms with Crippen molar-refractivity contribution in [2.24, 2.45) is 0 Å². The number of nitrogens with zero attached hydrogens (tertiary/aromatic N) is 2. The summed E-state index contributed by atoms with van der Waals surface area (Å²) in [6.45, 7) is 0.405. The van der Waals surface area contributed by atoms with Crippen LogP contribution in [-0.2, 0) is 9.53 Å². The highest BCUT2D eigenvalue weighted by molar-refractivity contribution is 5.95. The lowest BCUT2D eigenvalue weighted by atomic mass is 9.93. The van der Waals surface area contributed by atoms with Gasteiger partial charge >= 0.3 is 18.6 Å². The van der Waals surface area contributed by atoms with Crippen molar-refractivity contribution in [2.75, 3.05) is 20.7 Å². The summed E-state index contributed by atoms with van der Waals surface area (Å²) in [7, 11) is 3.03. The van der Waals surface area contributed by atoms with Crippen LogP contribution in [0.1, 0.15) is 25.5 Å². The van der Waals surface area contributed by atoms with Gasteiger partial charge in [0.2, 0.25) is 0 Å². The highest BCUT2D eigenvalue weighted by Gasteiger charge is 2.40. The molecule has 1 unspecified atom stereocenters. The second kappa shape index (κ2) is 7.50. The lowest BCUT2D eigenvalue weighted by Gasteiger charge is -2.39. The molecule has 0 N–H and O–H groups in total. The van der Waals surface area contributed by atoms with Gasteiger partial charge in [0.25, 0.3) is 0 Å². The van der Waals surface area contributed by atoms with Crippen LogP contribution < -0.4 is 4.74 Å². The van der Waals surface area contributed by atoms with E-state index in [0.29, 0.717) is 5.70 Å². The number of ether oxygens (including phenoxy) is 2. The molecule has 1 heterocycles. The van der Waals surface area contributed by atoms with E-state index in [2.05, 4.69) is 4.74 Å². The Morgan fingerprint density at radius 2 is 1.92 bits per heavy atom. The Kier molecular flexibility index (Phi) is 5.61. The smallest absolute Gasteiger partial charge is 0.387 e. The first-order chi connectivity index (χ1) is 11.8. The molecule has 0 saturated carbocycles. The fraction of sp³-hybridized carbons (Fsp3) is 0.412. The summed E-state index contributed by atoms with van der Waals surface area (Å²) in [6, 6.07) is 4.82. The average molecular weight is 354 g/mol. The number of carbonyl (C=O) groups excluding carboxylic acids is 2. The maximum absolute atomic E-state index is 12.7. The standard InChI is InChI=1S/C17H20F2N2O4/c1-5-24-15(22)13-10(2)20(3)17(23)21(4)14(13)11-8-6-7-9-12(11)25-16(18)19/h6-9,14,16H,5H2,1-4H3. The Labute approximate surface area is 144 Å². The predicted molar refractivity (Wildman–Crippen MR) is 86.1 cm³/mol. The molecule has 0 radical (unpaired) electrons. The summed E-state index contributed by atoms with van der Waals surface area (Å²) in [5.74, 6) is -0.704. The van der Waals surface area contributed by atoms with Gasteiger partial charge in [0, 0.05) is 25.4 Å². The number of likely N-dealkylation sites (N-methyl/N-ethyl adjacent to an activating group) is 1. The quantitative estimate of drug-likeness (QED) is 0.762. The number of allylic oxidation sites excluding steroid dienone is 1. The molecule has 1 aliphatic rings. The Morgan fingerprint density at radius 3 is 2.52 bits per heavy atom. The lowest BCUT2D eigenvalue weighted by molar-refractivity contribution is -0.139. The van der Waals surface area contributed by atoms with Crippen molar-refractivity contribution in [1.82, 2.24) is 9.80 Å². The summed E-state index contributed by atoms with van der Waals surface area (Å²) in [5.41, 5.74) is 0.893. The number of urea groups is 1. The molecule has 2 amide bonds. The van der Waals surface area contributed by atoms with Crippen molar-refractivity contribution >= 4 is 12.0 Å². The zero-order chi connectivity index (χ0) is 18.7. The van der Waals surface area contributed by atoms with Gasteiger partial charge in [-0.25, -0.2) is 9.59 Å². The van der Waals surface area contributed by atoms with Crippen LogP contribution in [0.2, 0.25) is 0 Å². The van der Waals surface area contributed by atoms with Gasteiger partial charge < -0.3 is 19.3 Å². The highest BCUT2D eigenvalue weighted by Crippen LogP contribution is 2.40. The zero-order valence-corrected chi connectivity index (χ0v) is 14.5. The van der Waals surface area contributed by atoms with E-state index in [4.69, 9.17) is 4.74 Å². The average Bonchev–Trinajstić information content (AvgIpc) is 2.56. The largest absolute Gasteiger partial charge is 0.463 e. The Morgan fingerprint density at radius 1 is 1.28 bits per heavy atom. The van der Waals surface area contributed by atoms with Gasteiger partial charge in [0.15, 0.2) is 0 Å². The van der Waals surface area contributed by atoms with Crippen LogP contribution in [0.25, 0.3) is 0 Å². The van der Waals surface area contributed by atoms with E-state index < -0.39 is 18.6 Å². The molecular formula is C17H20F2N2O4. The Balaban J connectivity index is 2.63. The van der Waals surface area contributed by atoms with Gasteiger partial charge in [0.1, 0.15) is 5.75 Å². The summed E-state index contributed by atoms with van der Waals surface area (Å²) >= 11 is 0. The minimum atomic E-state index is -3.02. The van der Waals surface area contributed by atoms with Crippen LogP contribution in [-0.4, -0.2) is 49.1 Å². The summed E-state index contributed by atoms with van der Waals surface area (Å²) < 4.78 is 35.2. The number of halogens is 2. The van der Waals surface area contributed by atoms with Gasteiger partial charge in [-0.1, -0.05) is 18.2 Å². The molecule has 25 heavy (non-hydrogen) atoms. The van der Waals surface area contributed by atoms with Crippen LogP contribution in [0.5, 0.6) is 5.75 Å². The van der Waals surface area contributed by atoms with Crippen molar-refractivity contribution < 1.29 is 27.8 Å². The third-order valence-electron chi connectivity index (χ3n) is 4.07. The number of benzene rings is 1. The molecule has 0 saturated heterocycles. The molecule has 1 aromatic carbocycles. The monoisotopic (exact) mass is 354 g/mol. The molecule has 0 bridgehead atoms. The maximum atomic E-state index is 12.7. The number of amides is 2. The molecule has 8 heteroatoms. The van der Waals surface area contributed by atoms with Crippen molar-refractivity contribution in [2.45, 2.75) is 26.5 Å². The molecular weight excluding hydrogens is 334 g/mol. The second-order valence-corrected chi connectivity index (χ2v) is 5.49. The molecule has 1 aliphatic heterocycles. The van der Waals surface area contributed by atoms with E-state index in [1.54, 1.807) is 32.0 Å². The molecule has 1 atom stereocenters. The number of esters is 1.